The Balaban J connectivity index is 1.78. The third kappa shape index (κ3) is 4.79. The number of carboxylic acids is 2. The van der Waals surface area contributed by atoms with Crippen molar-refractivity contribution in [2.75, 3.05) is 0 Å². The van der Waals surface area contributed by atoms with Crippen molar-refractivity contribution in [2.24, 2.45) is 0 Å². The highest BCUT2D eigenvalue weighted by molar-refractivity contribution is 6.43. The summed E-state index contributed by atoms with van der Waals surface area (Å²) in [5, 5.41) is 29.5. The number of ketones is 2. The molecule has 0 unspecified atom stereocenters. The van der Waals surface area contributed by atoms with Gasteiger partial charge in [-0.3, -0.25) is 9.59 Å². The second kappa shape index (κ2) is 10.8. The van der Waals surface area contributed by atoms with E-state index in [0.717, 1.165) is 11.1 Å². The molecule has 0 aliphatic carbocycles. The van der Waals surface area contributed by atoms with Crippen LogP contribution in [0.3, 0.4) is 0 Å². The Bertz CT molecular complexity index is 1790. The number of aromatic nitrogens is 1. The van der Waals surface area contributed by atoms with Crippen LogP contribution < -0.4 is 0 Å². The van der Waals surface area contributed by atoms with Crippen molar-refractivity contribution in [1.82, 2.24) is 4.57 Å². The highest BCUT2D eigenvalue weighted by atomic mass is 16.4. The van der Waals surface area contributed by atoms with E-state index in [1.807, 2.05) is 60.7 Å². The van der Waals surface area contributed by atoms with E-state index in [4.69, 9.17) is 0 Å². The van der Waals surface area contributed by atoms with E-state index in [-0.39, 0.29) is 23.4 Å². The van der Waals surface area contributed by atoms with Gasteiger partial charge in [0.05, 0.1) is 17.9 Å². The lowest BCUT2D eigenvalue weighted by atomic mass is 9.91. The third-order valence-electron chi connectivity index (χ3n) is 6.80. The normalized spacial score (nSPS) is 10.9. The van der Waals surface area contributed by atoms with Gasteiger partial charge in [-0.2, -0.15) is 0 Å². The molecule has 8 nitrogen and oxygen atoms in total. The SMILES string of the molecule is O=C(O)C(=O)c1ccc(-c2ccccc2)c(-c2ccc3c(c2)c(C(=O)C(=O)O)c(CO)n3Cc2ccccc2)c1. The number of aliphatic carboxylic acids is 2. The standard InChI is InChI=1S/C32H23NO7/c34-18-27-28(30(36)32(39)40)25-15-21(12-14-26(25)33(27)17-19-7-3-1-4-8-19)24-16-22(29(35)31(37)38)11-13-23(24)20-9-5-2-6-10-20/h1-16,34H,17-18H2,(H,37,38)(H,39,40). The lowest BCUT2D eigenvalue weighted by Gasteiger charge is -2.13. The maximum Gasteiger partial charge on any atom is 0.377 e. The van der Waals surface area contributed by atoms with Crippen molar-refractivity contribution >= 4 is 34.4 Å². The fraction of sp³-hybridized carbons (Fsp3) is 0.0625. The molecule has 0 bridgehead atoms. The molecule has 0 aliphatic heterocycles. The predicted octanol–water partition coefficient (Wildman–Crippen LogP) is 5.05. The maximum atomic E-state index is 12.9. The number of carbonyl (C=O) groups excluding carboxylic acids is 2. The van der Waals surface area contributed by atoms with Gasteiger partial charge in [0.2, 0.25) is 0 Å². The van der Waals surface area contributed by atoms with Gasteiger partial charge in [0.25, 0.3) is 11.6 Å². The molecular formula is C32H23NO7. The number of rotatable bonds is 9. The topological polar surface area (TPSA) is 134 Å². The zero-order valence-electron chi connectivity index (χ0n) is 21.1. The minimum atomic E-state index is -1.65. The molecule has 0 aliphatic rings. The molecule has 5 aromatic rings. The molecule has 0 saturated carbocycles. The molecule has 0 radical (unpaired) electrons. The Labute approximate surface area is 228 Å². The van der Waals surface area contributed by atoms with E-state index >= 15 is 0 Å². The first-order valence-electron chi connectivity index (χ1n) is 12.3. The largest absolute Gasteiger partial charge is 0.475 e. The molecule has 5 rings (SSSR count). The van der Waals surface area contributed by atoms with Gasteiger partial charge < -0.3 is 19.9 Å². The number of aliphatic hydroxyl groups excluding tert-OH is 1. The third-order valence-corrected chi connectivity index (χ3v) is 6.80. The second-order valence-electron chi connectivity index (χ2n) is 9.18. The fourth-order valence-electron chi connectivity index (χ4n) is 4.96. The van der Waals surface area contributed by atoms with Gasteiger partial charge in [-0.05, 0) is 46.0 Å². The van der Waals surface area contributed by atoms with Crippen LogP contribution in [0.1, 0.15) is 32.0 Å². The molecule has 4 aromatic carbocycles. The van der Waals surface area contributed by atoms with Gasteiger partial charge in [-0.1, -0.05) is 78.9 Å². The van der Waals surface area contributed by atoms with Gasteiger partial charge >= 0.3 is 11.9 Å². The van der Waals surface area contributed by atoms with E-state index in [1.165, 1.54) is 12.1 Å². The Kier molecular flexibility index (Phi) is 7.09. The van der Waals surface area contributed by atoms with E-state index in [2.05, 4.69) is 0 Å². The summed E-state index contributed by atoms with van der Waals surface area (Å²) in [4.78, 5) is 48.5. The lowest BCUT2D eigenvalue weighted by Crippen LogP contribution is -2.16. The smallest absolute Gasteiger partial charge is 0.377 e. The number of benzene rings is 4. The molecule has 8 heteroatoms. The quantitative estimate of drug-likeness (QED) is 0.178. The summed E-state index contributed by atoms with van der Waals surface area (Å²) < 4.78 is 1.72. The summed E-state index contributed by atoms with van der Waals surface area (Å²) in [6, 6.07) is 28.4. The first-order valence-corrected chi connectivity index (χ1v) is 12.3. The van der Waals surface area contributed by atoms with Crippen LogP contribution >= 0.6 is 0 Å². The molecule has 40 heavy (non-hydrogen) atoms. The summed E-state index contributed by atoms with van der Waals surface area (Å²) in [5.41, 5.74) is 4.03. The highest BCUT2D eigenvalue weighted by Gasteiger charge is 2.27. The van der Waals surface area contributed by atoms with Gasteiger partial charge in [0.15, 0.2) is 0 Å². The Morgan fingerprint density at radius 1 is 0.650 bits per heavy atom. The minimum Gasteiger partial charge on any atom is -0.475 e. The number of carboxylic acid groups (broad SMARTS) is 2. The van der Waals surface area contributed by atoms with Crippen LogP contribution in [0.2, 0.25) is 0 Å². The highest BCUT2D eigenvalue weighted by Crippen LogP contribution is 2.37. The summed E-state index contributed by atoms with van der Waals surface area (Å²) in [7, 11) is 0. The maximum absolute atomic E-state index is 12.9. The van der Waals surface area contributed by atoms with Crippen molar-refractivity contribution in [3.05, 3.63) is 119 Å². The number of Topliss-reactive ketones (excluding diaryl/α,β-unsaturated/α-hetero) is 2. The van der Waals surface area contributed by atoms with E-state index < -0.39 is 30.1 Å². The molecule has 1 heterocycles. The Hall–Kier alpha value is -5.34. The van der Waals surface area contributed by atoms with Crippen LogP contribution in [-0.2, 0) is 22.7 Å². The van der Waals surface area contributed by atoms with E-state index in [0.29, 0.717) is 27.6 Å². The summed E-state index contributed by atoms with van der Waals surface area (Å²) in [6.07, 6.45) is 0. The number of hydrogen-bond acceptors (Lipinski definition) is 5. The Morgan fingerprint density at radius 2 is 1.30 bits per heavy atom. The van der Waals surface area contributed by atoms with Crippen molar-refractivity contribution in [2.45, 2.75) is 13.2 Å². The minimum absolute atomic E-state index is 0.0261. The fourth-order valence-corrected chi connectivity index (χ4v) is 4.96. The molecule has 1 aromatic heterocycles. The second-order valence-corrected chi connectivity index (χ2v) is 9.18. The average Bonchev–Trinajstić information content (AvgIpc) is 3.29. The summed E-state index contributed by atoms with van der Waals surface area (Å²) in [6.45, 7) is -0.277. The van der Waals surface area contributed by atoms with Crippen LogP contribution in [0.25, 0.3) is 33.2 Å². The summed E-state index contributed by atoms with van der Waals surface area (Å²) in [5.74, 6) is -5.47. The number of nitrogens with zero attached hydrogens (tertiary/aromatic N) is 1. The van der Waals surface area contributed by atoms with Crippen molar-refractivity contribution in [1.29, 1.82) is 0 Å². The monoisotopic (exact) mass is 533 g/mol. The lowest BCUT2D eigenvalue weighted by molar-refractivity contribution is -0.132. The number of hydrogen-bond donors (Lipinski definition) is 3. The zero-order chi connectivity index (χ0) is 28.4. The molecule has 0 atom stereocenters. The number of fused-ring (bicyclic) bond motifs is 1. The first kappa shape index (κ1) is 26.3. The van der Waals surface area contributed by atoms with E-state index in [9.17, 15) is 34.5 Å². The van der Waals surface area contributed by atoms with Crippen LogP contribution in [0.4, 0.5) is 0 Å². The van der Waals surface area contributed by atoms with Crippen LogP contribution in [0, 0.1) is 0 Å². The molecule has 0 saturated heterocycles. The van der Waals surface area contributed by atoms with Gasteiger partial charge in [-0.25, -0.2) is 9.59 Å². The zero-order valence-corrected chi connectivity index (χ0v) is 21.1. The molecule has 3 N–H and O–H groups in total. The molecule has 0 fully saturated rings. The van der Waals surface area contributed by atoms with Gasteiger partial charge in [-0.15, -0.1) is 0 Å². The van der Waals surface area contributed by atoms with Crippen LogP contribution in [0.5, 0.6) is 0 Å². The van der Waals surface area contributed by atoms with Gasteiger partial charge in [0.1, 0.15) is 0 Å². The number of carbonyl (C=O) groups is 4. The average molecular weight is 534 g/mol. The summed E-state index contributed by atoms with van der Waals surface area (Å²) >= 11 is 0. The van der Waals surface area contributed by atoms with Crippen molar-refractivity contribution in [3.8, 4) is 22.3 Å². The Morgan fingerprint density at radius 3 is 1.93 bits per heavy atom. The number of aliphatic hydroxyl groups is 1. The van der Waals surface area contributed by atoms with Crippen LogP contribution in [0.15, 0.2) is 97.1 Å². The van der Waals surface area contributed by atoms with Crippen molar-refractivity contribution in [3.63, 3.8) is 0 Å². The molecule has 0 amide bonds. The first-order chi connectivity index (χ1) is 19.3. The van der Waals surface area contributed by atoms with Crippen molar-refractivity contribution < 1.29 is 34.5 Å². The van der Waals surface area contributed by atoms with Crippen LogP contribution in [-0.4, -0.2) is 43.4 Å². The van der Waals surface area contributed by atoms with E-state index in [1.54, 1.807) is 28.8 Å². The predicted molar refractivity (Wildman–Crippen MR) is 148 cm³/mol. The molecule has 198 valence electrons. The molecular weight excluding hydrogens is 510 g/mol. The molecule has 0 spiro atoms. The van der Waals surface area contributed by atoms with Gasteiger partial charge in [0, 0.05) is 23.0 Å².